The minimum absolute atomic E-state index is 0.0124. The second-order valence-electron chi connectivity index (χ2n) is 7.97. The molecule has 2 aromatic heterocycles. The number of amides is 1. The van der Waals surface area contributed by atoms with Gasteiger partial charge in [-0.15, -0.1) is 10.2 Å². The number of nitrogens with zero attached hydrogens (tertiary/aromatic N) is 6. The highest BCUT2D eigenvalue weighted by molar-refractivity contribution is 6.03. The minimum Gasteiger partial charge on any atom is -0.318 e. The number of nitrogens with one attached hydrogen (secondary N) is 1. The molecule has 2 aromatic carbocycles. The van der Waals surface area contributed by atoms with Gasteiger partial charge in [-0.2, -0.15) is 5.10 Å². The van der Waals surface area contributed by atoms with E-state index in [1.54, 1.807) is 18.3 Å². The van der Waals surface area contributed by atoms with Gasteiger partial charge in [0.25, 0.3) is 11.6 Å². The van der Waals surface area contributed by atoms with Gasteiger partial charge in [-0.25, -0.2) is 9.07 Å². The van der Waals surface area contributed by atoms with E-state index in [0.717, 1.165) is 38.1 Å². The zero-order valence-corrected chi connectivity index (χ0v) is 18.0. The summed E-state index contributed by atoms with van der Waals surface area (Å²) in [7, 11) is 0. The first-order valence-electron chi connectivity index (χ1n) is 10.8. The molecule has 0 saturated carbocycles. The van der Waals surface area contributed by atoms with Crippen LogP contribution in [-0.2, 0) is 13.0 Å². The SMILES string of the molecule is O=C(Nc1cc(-c2nnc3n2CCCCC3)ccc1F)c1ccn(-c2ccc([N+](=O)[O-])cc2)n1. The number of benzene rings is 2. The molecule has 3 heterocycles. The predicted molar refractivity (Wildman–Crippen MR) is 121 cm³/mol. The third-order valence-electron chi connectivity index (χ3n) is 5.73. The number of fused-ring (bicyclic) bond motifs is 1. The topological polar surface area (TPSA) is 121 Å². The van der Waals surface area contributed by atoms with Crippen molar-refractivity contribution in [3.05, 3.63) is 82.2 Å². The van der Waals surface area contributed by atoms with Crippen LogP contribution in [0.1, 0.15) is 35.6 Å². The number of non-ortho nitro benzene ring substituents is 1. The van der Waals surface area contributed by atoms with E-state index in [9.17, 15) is 19.3 Å². The molecular formula is C23H20FN7O3. The Morgan fingerprint density at radius 2 is 1.88 bits per heavy atom. The van der Waals surface area contributed by atoms with E-state index >= 15 is 0 Å². The highest BCUT2D eigenvalue weighted by Gasteiger charge is 2.19. The minimum atomic E-state index is -0.586. The first-order chi connectivity index (χ1) is 16.5. The average Bonchev–Trinajstić information content (AvgIpc) is 3.43. The van der Waals surface area contributed by atoms with E-state index in [1.807, 2.05) is 0 Å². The van der Waals surface area contributed by atoms with Crippen molar-refractivity contribution in [1.29, 1.82) is 0 Å². The van der Waals surface area contributed by atoms with Gasteiger partial charge in [-0.3, -0.25) is 14.9 Å². The number of hydrogen-bond donors (Lipinski definition) is 1. The van der Waals surface area contributed by atoms with Crippen LogP contribution in [0.2, 0.25) is 0 Å². The maximum atomic E-state index is 14.5. The van der Waals surface area contributed by atoms with E-state index in [2.05, 4.69) is 25.2 Å². The summed E-state index contributed by atoms with van der Waals surface area (Å²) in [5.41, 5.74) is 1.24. The van der Waals surface area contributed by atoms with Gasteiger partial charge in [0.05, 0.1) is 16.3 Å². The van der Waals surface area contributed by atoms with Gasteiger partial charge in [-0.1, -0.05) is 6.42 Å². The number of carbonyl (C=O) groups is 1. The highest BCUT2D eigenvalue weighted by Crippen LogP contribution is 2.27. The van der Waals surface area contributed by atoms with E-state index in [1.165, 1.54) is 41.1 Å². The Bertz CT molecular complexity index is 1380. The second kappa shape index (κ2) is 8.85. The molecule has 172 valence electrons. The lowest BCUT2D eigenvalue weighted by Crippen LogP contribution is -2.14. The van der Waals surface area contributed by atoms with Crippen LogP contribution in [0.4, 0.5) is 15.8 Å². The van der Waals surface area contributed by atoms with Gasteiger partial charge >= 0.3 is 0 Å². The van der Waals surface area contributed by atoms with Crippen molar-refractivity contribution in [2.24, 2.45) is 0 Å². The van der Waals surface area contributed by atoms with Crippen molar-refractivity contribution in [2.75, 3.05) is 5.32 Å². The molecule has 0 unspecified atom stereocenters. The standard InChI is InChI=1S/C23H20FN7O3/c24-18-10-5-15(22-27-26-21-4-2-1-3-12-29(21)22)14-20(18)25-23(32)19-11-13-30(28-19)16-6-8-17(9-7-16)31(33)34/h5-11,13-14H,1-4,12H2,(H,25,32). The van der Waals surface area contributed by atoms with Crippen LogP contribution in [-0.4, -0.2) is 35.4 Å². The molecule has 0 fully saturated rings. The maximum Gasteiger partial charge on any atom is 0.276 e. The Hall–Kier alpha value is -4.41. The van der Waals surface area contributed by atoms with Gasteiger partial charge in [0.15, 0.2) is 11.5 Å². The van der Waals surface area contributed by atoms with E-state index in [0.29, 0.717) is 17.1 Å². The molecule has 10 nitrogen and oxygen atoms in total. The number of anilines is 1. The summed E-state index contributed by atoms with van der Waals surface area (Å²) in [6, 6.07) is 11.7. The van der Waals surface area contributed by atoms with E-state index in [-0.39, 0.29) is 17.1 Å². The molecule has 0 spiro atoms. The molecule has 0 aliphatic carbocycles. The number of halogens is 1. The molecule has 5 rings (SSSR count). The summed E-state index contributed by atoms with van der Waals surface area (Å²) in [6.07, 6.45) is 5.62. The second-order valence-corrected chi connectivity index (χ2v) is 7.97. The maximum absolute atomic E-state index is 14.5. The van der Waals surface area contributed by atoms with Crippen molar-refractivity contribution in [3.8, 4) is 17.1 Å². The average molecular weight is 461 g/mol. The van der Waals surface area contributed by atoms with Crippen LogP contribution in [0.15, 0.2) is 54.7 Å². The molecule has 1 N–H and O–H groups in total. The molecule has 1 aliphatic rings. The van der Waals surface area contributed by atoms with E-state index in [4.69, 9.17) is 0 Å². The van der Waals surface area contributed by atoms with Gasteiger partial charge in [0.2, 0.25) is 0 Å². The summed E-state index contributed by atoms with van der Waals surface area (Å²) < 4.78 is 18.0. The Morgan fingerprint density at radius 1 is 1.06 bits per heavy atom. The molecule has 11 heteroatoms. The zero-order valence-electron chi connectivity index (χ0n) is 18.0. The van der Waals surface area contributed by atoms with Gasteiger partial charge in [0, 0.05) is 36.9 Å². The number of nitro groups is 1. The summed E-state index contributed by atoms with van der Waals surface area (Å²) in [5, 5.41) is 26.2. The lowest BCUT2D eigenvalue weighted by Gasteiger charge is -2.10. The largest absolute Gasteiger partial charge is 0.318 e. The lowest BCUT2D eigenvalue weighted by atomic mass is 10.1. The molecule has 0 saturated heterocycles. The van der Waals surface area contributed by atoms with Crippen molar-refractivity contribution < 1.29 is 14.1 Å². The summed E-state index contributed by atoms with van der Waals surface area (Å²) >= 11 is 0. The Balaban J connectivity index is 1.37. The van der Waals surface area contributed by atoms with Crippen LogP contribution in [0.3, 0.4) is 0 Å². The monoisotopic (exact) mass is 461 g/mol. The fourth-order valence-electron chi connectivity index (χ4n) is 3.96. The number of carbonyl (C=O) groups excluding carboxylic acids is 1. The molecule has 4 aromatic rings. The van der Waals surface area contributed by atoms with Crippen LogP contribution < -0.4 is 5.32 Å². The Morgan fingerprint density at radius 3 is 2.68 bits per heavy atom. The number of aryl methyl sites for hydroxylation is 1. The molecule has 1 aliphatic heterocycles. The van der Waals surface area contributed by atoms with Gasteiger partial charge < -0.3 is 9.88 Å². The van der Waals surface area contributed by atoms with Crippen LogP contribution >= 0.6 is 0 Å². The molecule has 1 amide bonds. The highest BCUT2D eigenvalue weighted by atomic mass is 19.1. The van der Waals surface area contributed by atoms with Gasteiger partial charge in [-0.05, 0) is 49.2 Å². The summed E-state index contributed by atoms with van der Waals surface area (Å²) in [6.45, 7) is 0.802. The van der Waals surface area contributed by atoms with E-state index < -0.39 is 16.6 Å². The van der Waals surface area contributed by atoms with Crippen LogP contribution in [0, 0.1) is 15.9 Å². The van der Waals surface area contributed by atoms with Crippen molar-refractivity contribution >= 4 is 17.3 Å². The van der Waals surface area contributed by atoms with Crippen molar-refractivity contribution in [1.82, 2.24) is 24.5 Å². The summed E-state index contributed by atoms with van der Waals surface area (Å²) in [5.74, 6) is 0.397. The first kappa shape index (κ1) is 21.4. The Labute approximate surface area is 193 Å². The molecule has 0 atom stereocenters. The van der Waals surface area contributed by atoms with Crippen LogP contribution in [0.25, 0.3) is 17.1 Å². The molecule has 0 bridgehead atoms. The van der Waals surface area contributed by atoms with Crippen molar-refractivity contribution in [2.45, 2.75) is 32.2 Å². The number of nitro benzene ring substituents is 1. The van der Waals surface area contributed by atoms with Gasteiger partial charge in [0.1, 0.15) is 11.6 Å². The quantitative estimate of drug-likeness (QED) is 0.352. The molecule has 0 radical (unpaired) electrons. The lowest BCUT2D eigenvalue weighted by molar-refractivity contribution is -0.384. The first-order valence-corrected chi connectivity index (χ1v) is 10.8. The number of hydrogen-bond acceptors (Lipinski definition) is 6. The molecule has 34 heavy (non-hydrogen) atoms. The predicted octanol–water partition coefficient (Wildman–Crippen LogP) is 4.16. The fourth-order valence-corrected chi connectivity index (χ4v) is 3.96. The third-order valence-corrected chi connectivity index (χ3v) is 5.73. The number of aromatic nitrogens is 5. The fraction of sp³-hybridized carbons (Fsp3) is 0.217. The smallest absolute Gasteiger partial charge is 0.276 e. The van der Waals surface area contributed by atoms with Crippen molar-refractivity contribution in [3.63, 3.8) is 0 Å². The summed E-state index contributed by atoms with van der Waals surface area (Å²) in [4.78, 5) is 23.1. The molecular weight excluding hydrogens is 441 g/mol. The normalized spacial score (nSPS) is 13.2. The number of rotatable bonds is 5. The zero-order chi connectivity index (χ0) is 23.7. The van der Waals surface area contributed by atoms with Crippen LogP contribution in [0.5, 0.6) is 0 Å². The third kappa shape index (κ3) is 4.15. The Kier molecular flexibility index (Phi) is 5.58.